The van der Waals surface area contributed by atoms with E-state index in [0.717, 1.165) is 11.8 Å². The van der Waals surface area contributed by atoms with Gasteiger partial charge in [0.15, 0.2) is 0 Å². The second-order valence-electron chi connectivity index (χ2n) is 3.90. The maximum absolute atomic E-state index is 2.40. The van der Waals surface area contributed by atoms with Crippen LogP contribution < -0.4 is 0 Å². The van der Waals surface area contributed by atoms with E-state index in [1.165, 1.54) is 5.57 Å². The molecular formula is C11H18. The third-order valence-corrected chi connectivity index (χ3v) is 2.54. The molecule has 0 bridgehead atoms. The number of hydrogen-bond acceptors (Lipinski definition) is 0. The van der Waals surface area contributed by atoms with Crippen LogP contribution in [0.1, 0.15) is 27.7 Å². The molecule has 0 nitrogen and oxygen atoms in total. The lowest BCUT2D eigenvalue weighted by atomic mass is 9.85. The lowest BCUT2D eigenvalue weighted by molar-refractivity contribution is 0.539. The van der Waals surface area contributed by atoms with E-state index in [9.17, 15) is 0 Å². The molecule has 0 aliphatic heterocycles. The minimum absolute atomic E-state index is 0.682. The Morgan fingerprint density at radius 1 is 1.18 bits per heavy atom. The summed E-state index contributed by atoms with van der Waals surface area (Å²) in [6.07, 6.45) is 6.99. The summed E-state index contributed by atoms with van der Waals surface area (Å²) in [7, 11) is 0. The van der Waals surface area contributed by atoms with Crippen molar-refractivity contribution in [3.63, 3.8) is 0 Å². The van der Waals surface area contributed by atoms with Crippen LogP contribution in [0.25, 0.3) is 0 Å². The highest BCUT2D eigenvalue weighted by Gasteiger charge is 2.12. The number of hydrogen-bond donors (Lipinski definition) is 0. The van der Waals surface area contributed by atoms with Crippen molar-refractivity contribution in [3.8, 4) is 0 Å². The lowest BCUT2D eigenvalue weighted by Crippen LogP contribution is -2.08. The Hall–Kier alpha value is -0.520. The van der Waals surface area contributed by atoms with E-state index in [1.54, 1.807) is 0 Å². The van der Waals surface area contributed by atoms with Crippen molar-refractivity contribution >= 4 is 0 Å². The zero-order valence-corrected chi connectivity index (χ0v) is 7.96. The van der Waals surface area contributed by atoms with Crippen molar-refractivity contribution in [2.75, 3.05) is 0 Å². The van der Waals surface area contributed by atoms with E-state index < -0.39 is 0 Å². The second-order valence-corrected chi connectivity index (χ2v) is 3.90. The van der Waals surface area contributed by atoms with Gasteiger partial charge in [0.05, 0.1) is 0 Å². The monoisotopic (exact) mass is 150 g/mol. The van der Waals surface area contributed by atoms with Gasteiger partial charge in [-0.15, -0.1) is 0 Å². The molecule has 0 aromatic rings. The molecule has 2 unspecified atom stereocenters. The molecule has 0 saturated heterocycles. The highest BCUT2D eigenvalue weighted by Crippen LogP contribution is 2.25. The van der Waals surface area contributed by atoms with Crippen LogP contribution in [0, 0.1) is 17.8 Å². The van der Waals surface area contributed by atoms with Crippen LogP contribution in [-0.4, -0.2) is 0 Å². The topological polar surface area (TPSA) is 0 Å². The standard InChI is InChI=1S/C11H18/c1-8(2)11-6-5-9(3)10(4)7-11/h5-10H,1-4H3. The Morgan fingerprint density at radius 2 is 1.82 bits per heavy atom. The normalized spacial score (nSPS) is 30.8. The van der Waals surface area contributed by atoms with Gasteiger partial charge in [-0.3, -0.25) is 0 Å². The smallest absolute Gasteiger partial charge is 0.0196 e. The summed E-state index contributed by atoms with van der Waals surface area (Å²) in [5, 5.41) is 0. The van der Waals surface area contributed by atoms with Gasteiger partial charge in [-0.2, -0.15) is 0 Å². The lowest BCUT2D eigenvalue weighted by Gasteiger charge is -2.20. The zero-order chi connectivity index (χ0) is 8.43. The van der Waals surface area contributed by atoms with E-state index in [-0.39, 0.29) is 0 Å². The van der Waals surface area contributed by atoms with Gasteiger partial charge in [-0.25, -0.2) is 0 Å². The van der Waals surface area contributed by atoms with E-state index in [1.807, 2.05) is 0 Å². The predicted octanol–water partition coefficient (Wildman–Crippen LogP) is 3.41. The van der Waals surface area contributed by atoms with Gasteiger partial charge < -0.3 is 0 Å². The molecule has 0 aromatic carbocycles. The Kier molecular flexibility index (Phi) is 2.53. The fraction of sp³-hybridized carbons (Fsp3) is 0.636. The molecule has 0 heteroatoms. The number of rotatable bonds is 1. The molecule has 0 saturated carbocycles. The Morgan fingerprint density at radius 3 is 2.27 bits per heavy atom. The van der Waals surface area contributed by atoms with Crippen molar-refractivity contribution in [2.24, 2.45) is 17.8 Å². The first-order chi connectivity index (χ1) is 5.11. The van der Waals surface area contributed by atoms with Gasteiger partial charge in [0.2, 0.25) is 0 Å². The summed E-state index contributed by atoms with van der Waals surface area (Å²) in [6.45, 7) is 9.06. The molecule has 0 amide bonds. The fourth-order valence-corrected chi connectivity index (χ4v) is 1.33. The van der Waals surface area contributed by atoms with Gasteiger partial charge in [-0.05, 0) is 23.3 Å². The third-order valence-electron chi connectivity index (χ3n) is 2.54. The summed E-state index contributed by atoms with van der Waals surface area (Å²) in [5.74, 6) is 2.12. The Balaban J connectivity index is 2.72. The molecule has 0 fully saturated rings. The summed E-state index contributed by atoms with van der Waals surface area (Å²) in [6, 6.07) is 0. The SMILES string of the molecule is CC(C)C1=CC(C)C(C)C=C1. The highest BCUT2D eigenvalue weighted by atomic mass is 14.2. The predicted molar refractivity (Wildman–Crippen MR) is 50.4 cm³/mol. The average molecular weight is 150 g/mol. The molecule has 62 valence electrons. The van der Waals surface area contributed by atoms with E-state index in [2.05, 4.69) is 45.9 Å². The van der Waals surface area contributed by atoms with Gasteiger partial charge >= 0.3 is 0 Å². The molecule has 0 aromatic heterocycles. The molecule has 0 radical (unpaired) electrons. The average Bonchev–Trinajstić information content (AvgIpc) is 1.94. The van der Waals surface area contributed by atoms with E-state index in [4.69, 9.17) is 0 Å². The molecule has 11 heavy (non-hydrogen) atoms. The third kappa shape index (κ3) is 1.95. The minimum atomic E-state index is 0.682. The molecule has 2 atom stereocenters. The van der Waals surface area contributed by atoms with Crippen LogP contribution in [0.4, 0.5) is 0 Å². The van der Waals surface area contributed by atoms with E-state index in [0.29, 0.717) is 5.92 Å². The minimum Gasteiger partial charge on any atom is -0.0808 e. The van der Waals surface area contributed by atoms with Crippen LogP contribution in [0.5, 0.6) is 0 Å². The summed E-state index contributed by atoms with van der Waals surface area (Å²) in [4.78, 5) is 0. The van der Waals surface area contributed by atoms with Crippen LogP contribution >= 0.6 is 0 Å². The molecule has 1 rings (SSSR count). The van der Waals surface area contributed by atoms with Crippen molar-refractivity contribution in [1.82, 2.24) is 0 Å². The van der Waals surface area contributed by atoms with Gasteiger partial charge in [0, 0.05) is 0 Å². The first kappa shape index (κ1) is 8.58. The second kappa shape index (κ2) is 3.25. The molecular weight excluding hydrogens is 132 g/mol. The maximum Gasteiger partial charge on any atom is -0.0196 e. The molecule has 0 heterocycles. The molecule has 0 N–H and O–H groups in total. The van der Waals surface area contributed by atoms with Crippen molar-refractivity contribution in [3.05, 3.63) is 23.8 Å². The molecule has 1 aliphatic carbocycles. The van der Waals surface area contributed by atoms with Crippen molar-refractivity contribution in [1.29, 1.82) is 0 Å². The summed E-state index contributed by atoms with van der Waals surface area (Å²) >= 11 is 0. The van der Waals surface area contributed by atoms with Crippen LogP contribution in [-0.2, 0) is 0 Å². The highest BCUT2D eigenvalue weighted by molar-refractivity contribution is 5.26. The Bertz CT molecular complexity index is 184. The first-order valence-electron chi connectivity index (χ1n) is 4.51. The zero-order valence-electron chi connectivity index (χ0n) is 7.96. The van der Waals surface area contributed by atoms with Crippen LogP contribution in [0.15, 0.2) is 23.8 Å². The molecule has 0 spiro atoms. The van der Waals surface area contributed by atoms with E-state index >= 15 is 0 Å². The fourth-order valence-electron chi connectivity index (χ4n) is 1.33. The summed E-state index contributed by atoms with van der Waals surface area (Å²) in [5.41, 5.74) is 1.50. The number of allylic oxidation sites excluding steroid dienone is 4. The van der Waals surface area contributed by atoms with Gasteiger partial charge in [0.25, 0.3) is 0 Å². The quantitative estimate of drug-likeness (QED) is 0.537. The Labute approximate surface area is 70.0 Å². The van der Waals surface area contributed by atoms with Crippen LogP contribution in [0.3, 0.4) is 0 Å². The van der Waals surface area contributed by atoms with Crippen LogP contribution in [0.2, 0.25) is 0 Å². The maximum atomic E-state index is 2.40. The molecule has 1 aliphatic rings. The van der Waals surface area contributed by atoms with Crippen molar-refractivity contribution in [2.45, 2.75) is 27.7 Å². The largest absolute Gasteiger partial charge is 0.0808 e. The van der Waals surface area contributed by atoms with Gasteiger partial charge in [0.1, 0.15) is 0 Å². The van der Waals surface area contributed by atoms with Crippen molar-refractivity contribution < 1.29 is 0 Å². The summed E-state index contributed by atoms with van der Waals surface area (Å²) < 4.78 is 0. The first-order valence-corrected chi connectivity index (χ1v) is 4.51. The van der Waals surface area contributed by atoms with Gasteiger partial charge in [-0.1, -0.05) is 45.9 Å².